The molecule has 1 N–H and O–H groups in total. The van der Waals surface area contributed by atoms with E-state index < -0.39 is 28.5 Å². The molecule has 0 aliphatic carbocycles. The van der Waals surface area contributed by atoms with Gasteiger partial charge in [0.15, 0.2) is 6.61 Å². The van der Waals surface area contributed by atoms with Crippen LogP contribution >= 0.6 is 0 Å². The zero-order valence-electron chi connectivity index (χ0n) is 19.5. The Hall–Kier alpha value is -3.91. The number of benzene rings is 3. The van der Waals surface area contributed by atoms with Crippen LogP contribution in [0.15, 0.2) is 77.7 Å². The Morgan fingerprint density at radius 1 is 1.03 bits per heavy atom. The third-order valence-corrected chi connectivity index (χ3v) is 7.55. The summed E-state index contributed by atoms with van der Waals surface area (Å²) < 4.78 is 32.6. The molecule has 0 unspecified atom stereocenters. The van der Waals surface area contributed by atoms with Crippen LogP contribution in [-0.2, 0) is 30.8 Å². The molecule has 0 radical (unpaired) electrons. The molecule has 1 heterocycles. The van der Waals surface area contributed by atoms with Gasteiger partial charge in [-0.25, -0.2) is 13.2 Å². The second kappa shape index (κ2) is 10.1. The molecule has 0 bridgehead atoms. The van der Waals surface area contributed by atoms with E-state index in [1.165, 1.54) is 28.6 Å². The number of ether oxygens (including phenoxy) is 1. The van der Waals surface area contributed by atoms with Gasteiger partial charge >= 0.3 is 5.97 Å². The Morgan fingerprint density at radius 3 is 2.51 bits per heavy atom. The number of amides is 1. The van der Waals surface area contributed by atoms with E-state index in [1.54, 1.807) is 18.2 Å². The van der Waals surface area contributed by atoms with Gasteiger partial charge in [-0.05, 0) is 67.3 Å². The fourth-order valence-corrected chi connectivity index (χ4v) is 5.43. The first-order chi connectivity index (χ1) is 16.7. The topological polar surface area (TPSA) is 92.8 Å². The first-order valence-electron chi connectivity index (χ1n) is 11.2. The molecule has 0 saturated heterocycles. The number of carbonyl (C=O) groups excluding carboxylic acids is 2. The van der Waals surface area contributed by atoms with E-state index in [9.17, 15) is 18.0 Å². The van der Waals surface area contributed by atoms with Crippen molar-refractivity contribution in [3.63, 3.8) is 0 Å². The summed E-state index contributed by atoms with van der Waals surface area (Å²) in [5.74, 6) is -1.11. The summed E-state index contributed by atoms with van der Waals surface area (Å²) in [6.45, 7) is 3.85. The van der Waals surface area contributed by atoms with Gasteiger partial charge in [-0.1, -0.05) is 48.0 Å². The number of para-hydroxylation sites is 1. The maximum absolute atomic E-state index is 13.1. The predicted molar refractivity (Wildman–Crippen MR) is 136 cm³/mol. The minimum Gasteiger partial charge on any atom is -0.452 e. The largest absolute Gasteiger partial charge is 0.452 e. The fraction of sp³-hybridized carbons (Fsp3) is 0.185. The van der Waals surface area contributed by atoms with Crippen molar-refractivity contribution in [3.05, 3.63) is 95.1 Å². The molecule has 1 amide bonds. The zero-order valence-corrected chi connectivity index (χ0v) is 20.3. The van der Waals surface area contributed by atoms with Crippen molar-refractivity contribution in [1.29, 1.82) is 0 Å². The van der Waals surface area contributed by atoms with Crippen LogP contribution in [0.1, 0.15) is 22.3 Å². The maximum Gasteiger partial charge on any atom is 0.331 e. The number of fused-ring (bicyclic) bond motifs is 1. The van der Waals surface area contributed by atoms with Gasteiger partial charge in [0, 0.05) is 18.3 Å². The standard InChI is InChI=1S/C27H26N2O5S/c1-19-7-13-24(20(2)17-19)28-26(30)18-34-27(31)14-10-21-8-11-23(12-9-21)35(32,33)29-16-15-22-5-3-4-6-25(22)29/h3-14,17H,15-16,18H2,1-2H3,(H,28,30). The van der Waals surface area contributed by atoms with Gasteiger partial charge in [0.25, 0.3) is 15.9 Å². The van der Waals surface area contributed by atoms with Gasteiger partial charge in [-0.15, -0.1) is 0 Å². The zero-order chi connectivity index (χ0) is 25.0. The van der Waals surface area contributed by atoms with Crippen LogP contribution in [0.2, 0.25) is 0 Å². The number of aryl methyl sites for hydroxylation is 2. The van der Waals surface area contributed by atoms with Crippen molar-refractivity contribution in [2.24, 2.45) is 0 Å². The van der Waals surface area contributed by atoms with Gasteiger partial charge in [-0.3, -0.25) is 9.10 Å². The molecule has 0 saturated carbocycles. The Bertz CT molecular complexity index is 1400. The molecule has 3 aromatic rings. The molecular formula is C27H26N2O5S. The Balaban J connectivity index is 1.33. The van der Waals surface area contributed by atoms with Crippen LogP contribution in [0.5, 0.6) is 0 Å². The van der Waals surface area contributed by atoms with Crippen molar-refractivity contribution in [1.82, 2.24) is 0 Å². The van der Waals surface area contributed by atoms with Crippen LogP contribution in [-0.4, -0.2) is 33.4 Å². The molecule has 180 valence electrons. The highest BCUT2D eigenvalue weighted by molar-refractivity contribution is 7.92. The summed E-state index contributed by atoms with van der Waals surface area (Å²) in [5, 5.41) is 2.72. The lowest BCUT2D eigenvalue weighted by atomic mass is 10.1. The summed E-state index contributed by atoms with van der Waals surface area (Å²) in [4.78, 5) is 24.3. The molecule has 35 heavy (non-hydrogen) atoms. The van der Waals surface area contributed by atoms with E-state index in [1.807, 2.05) is 50.2 Å². The van der Waals surface area contributed by atoms with E-state index in [0.29, 0.717) is 29.9 Å². The first kappa shape index (κ1) is 24.2. The van der Waals surface area contributed by atoms with E-state index in [0.717, 1.165) is 16.7 Å². The van der Waals surface area contributed by atoms with Crippen LogP contribution in [0.25, 0.3) is 6.08 Å². The van der Waals surface area contributed by atoms with E-state index in [-0.39, 0.29) is 4.90 Å². The monoisotopic (exact) mass is 490 g/mol. The highest BCUT2D eigenvalue weighted by atomic mass is 32.2. The quantitative estimate of drug-likeness (QED) is 0.395. The van der Waals surface area contributed by atoms with Gasteiger partial charge in [0.1, 0.15) is 0 Å². The predicted octanol–water partition coefficient (Wildman–Crippen LogP) is 4.25. The van der Waals surface area contributed by atoms with Crippen molar-refractivity contribution >= 4 is 39.4 Å². The van der Waals surface area contributed by atoms with E-state index in [2.05, 4.69) is 5.32 Å². The normalized spacial score (nSPS) is 13.0. The molecule has 8 heteroatoms. The molecule has 7 nitrogen and oxygen atoms in total. The average molecular weight is 491 g/mol. The number of sulfonamides is 1. The molecular weight excluding hydrogens is 464 g/mol. The minimum absolute atomic E-state index is 0.178. The minimum atomic E-state index is -3.68. The first-order valence-corrected chi connectivity index (χ1v) is 12.6. The number of rotatable bonds is 7. The van der Waals surface area contributed by atoms with Gasteiger partial charge < -0.3 is 10.1 Å². The number of anilines is 2. The van der Waals surface area contributed by atoms with E-state index >= 15 is 0 Å². The molecule has 0 aromatic heterocycles. The van der Waals surface area contributed by atoms with E-state index in [4.69, 9.17) is 4.74 Å². The number of hydrogen-bond acceptors (Lipinski definition) is 5. The van der Waals surface area contributed by atoms with Crippen LogP contribution in [0, 0.1) is 13.8 Å². The summed E-state index contributed by atoms with van der Waals surface area (Å²) >= 11 is 0. The van der Waals surface area contributed by atoms with Crippen molar-refractivity contribution in [3.8, 4) is 0 Å². The Labute approximate surface area is 205 Å². The molecule has 0 fully saturated rings. The highest BCUT2D eigenvalue weighted by Crippen LogP contribution is 2.32. The third kappa shape index (κ3) is 5.60. The second-order valence-corrected chi connectivity index (χ2v) is 10.2. The Kier molecular flexibility index (Phi) is 7.02. The van der Waals surface area contributed by atoms with Crippen LogP contribution in [0.4, 0.5) is 11.4 Å². The lowest BCUT2D eigenvalue weighted by Crippen LogP contribution is -2.29. The van der Waals surface area contributed by atoms with Gasteiger partial charge in [0.2, 0.25) is 0 Å². The van der Waals surface area contributed by atoms with Gasteiger partial charge in [0.05, 0.1) is 10.6 Å². The molecule has 0 spiro atoms. The van der Waals surface area contributed by atoms with Crippen molar-refractivity contribution < 1.29 is 22.7 Å². The SMILES string of the molecule is Cc1ccc(NC(=O)COC(=O)C=Cc2ccc(S(=O)(=O)N3CCc4ccccc43)cc2)c(C)c1. The number of carbonyl (C=O) groups is 2. The van der Waals surface area contributed by atoms with Crippen LogP contribution in [0.3, 0.4) is 0 Å². The summed E-state index contributed by atoms with van der Waals surface area (Å²) in [6.07, 6.45) is 3.39. The summed E-state index contributed by atoms with van der Waals surface area (Å²) in [7, 11) is -3.68. The molecule has 1 aliphatic rings. The second-order valence-electron chi connectivity index (χ2n) is 8.33. The lowest BCUT2D eigenvalue weighted by molar-refractivity contribution is -0.142. The highest BCUT2D eigenvalue weighted by Gasteiger charge is 2.30. The van der Waals surface area contributed by atoms with Crippen molar-refractivity contribution in [2.75, 3.05) is 22.8 Å². The number of nitrogens with zero attached hydrogens (tertiary/aromatic N) is 1. The smallest absolute Gasteiger partial charge is 0.331 e. The molecule has 4 rings (SSSR count). The van der Waals surface area contributed by atoms with Gasteiger partial charge in [-0.2, -0.15) is 0 Å². The molecule has 0 atom stereocenters. The summed E-state index contributed by atoms with van der Waals surface area (Å²) in [6, 6.07) is 19.4. The lowest BCUT2D eigenvalue weighted by Gasteiger charge is -2.19. The maximum atomic E-state index is 13.1. The molecule has 1 aliphatic heterocycles. The average Bonchev–Trinajstić information content (AvgIpc) is 3.29. The Morgan fingerprint density at radius 2 is 1.77 bits per heavy atom. The van der Waals surface area contributed by atoms with Crippen LogP contribution < -0.4 is 9.62 Å². The molecule has 3 aromatic carbocycles. The fourth-order valence-electron chi connectivity index (χ4n) is 3.92. The third-order valence-electron chi connectivity index (χ3n) is 5.73. The number of esters is 1. The van der Waals surface area contributed by atoms with Crippen molar-refractivity contribution in [2.45, 2.75) is 25.2 Å². The number of hydrogen-bond donors (Lipinski definition) is 1. The number of nitrogens with one attached hydrogen (secondary N) is 1. The summed E-state index contributed by atoms with van der Waals surface area (Å²) in [5.41, 5.74) is 5.02.